The molecule has 6 rings (SSSR count). The van der Waals surface area contributed by atoms with E-state index in [1.165, 1.54) is 11.3 Å². The number of aromatic nitrogens is 4. The molecular formula is C26H23N5O. The Hall–Kier alpha value is -3.93. The molecule has 32 heavy (non-hydrogen) atoms. The molecule has 0 spiro atoms. The van der Waals surface area contributed by atoms with E-state index < -0.39 is 0 Å². The van der Waals surface area contributed by atoms with Gasteiger partial charge in [-0.05, 0) is 67.3 Å². The third-order valence-corrected chi connectivity index (χ3v) is 6.18. The van der Waals surface area contributed by atoms with Gasteiger partial charge in [0, 0.05) is 17.4 Å². The lowest BCUT2D eigenvalue weighted by molar-refractivity contribution is 0.501. The van der Waals surface area contributed by atoms with E-state index in [0.717, 1.165) is 47.4 Å². The van der Waals surface area contributed by atoms with Gasteiger partial charge in [0.15, 0.2) is 0 Å². The van der Waals surface area contributed by atoms with E-state index in [1.54, 1.807) is 12.5 Å². The fraction of sp³-hybridized carbons (Fsp3) is 0.192. The Morgan fingerprint density at radius 3 is 2.72 bits per heavy atom. The minimum absolute atomic E-state index is 0.195. The molecule has 3 heterocycles. The monoisotopic (exact) mass is 421 g/mol. The number of benzene rings is 2. The quantitative estimate of drug-likeness (QED) is 0.394. The maximum absolute atomic E-state index is 5.46. The Kier molecular flexibility index (Phi) is 4.68. The molecule has 5 aromatic rings. The summed E-state index contributed by atoms with van der Waals surface area (Å²) in [5.41, 5.74) is 6.66. The van der Waals surface area contributed by atoms with E-state index in [-0.39, 0.29) is 6.04 Å². The topological polar surface area (TPSA) is 70.8 Å². The van der Waals surface area contributed by atoms with Gasteiger partial charge in [-0.1, -0.05) is 18.2 Å². The summed E-state index contributed by atoms with van der Waals surface area (Å²) >= 11 is 0. The summed E-state index contributed by atoms with van der Waals surface area (Å²) < 4.78 is 5.46. The number of hydrogen-bond acceptors (Lipinski definition) is 5. The van der Waals surface area contributed by atoms with Crippen molar-refractivity contribution < 1.29 is 4.42 Å². The molecule has 1 aliphatic carbocycles. The third kappa shape index (κ3) is 3.43. The second-order valence-corrected chi connectivity index (χ2v) is 8.17. The predicted molar refractivity (Wildman–Crippen MR) is 124 cm³/mol. The van der Waals surface area contributed by atoms with E-state index in [9.17, 15) is 0 Å². The molecule has 0 fully saturated rings. The van der Waals surface area contributed by atoms with Gasteiger partial charge in [0.05, 0.1) is 35.5 Å². The molecule has 0 saturated heterocycles. The van der Waals surface area contributed by atoms with Crippen LogP contribution in [0.3, 0.4) is 0 Å². The molecule has 1 atom stereocenters. The van der Waals surface area contributed by atoms with Crippen LogP contribution in [0.1, 0.15) is 36.0 Å². The summed E-state index contributed by atoms with van der Waals surface area (Å²) in [5, 5.41) is 0. The Labute approximate surface area is 186 Å². The lowest BCUT2D eigenvalue weighted by atomic mass is 9.90. The number of imidazole rings is 1. The Bertz CT molecular complexity index is 1310. The Morgan fingerprint density at radius 1 is 0.969 bits per heavy atom. The number of H-pyrrole nitrogens is 1. The number of aromatic amines is 1. The standard InChI is InChI=1S/C26H23N5O/c1-2-8-22-21(7-1)29-24(30-22)17-31(23-9-3-5-18-6-4-14-27-25(18)23)20-12-10-19(11-13-20)26-28-15-16-32-26/h1-2,4,6-8,10-16,23H,3,5,9,17H2,(H,29,30). The fourth-order valence-electron chi connectivity index (χ4n) is 4.67. The van der Waals surface area contributed by atoms with Gasteiger partial charge in [0.25, 0.3) is 0 Å². The minimum Gasteiger partial charge on any atom is -0.445 e. The number of pyridine rings is 1. The Balaban J connectivity index is 1.40. The average molecular weight is 422 g/mol. The minimum atomic E-state index is 0.195. The highest BCUT2D eigenvalue weighted by Gasteiger charge is 2.28. The smallest absolute Gasteiger partial charge is 0.225 e. The van der Waals surface area contributed by atoms with Crippen LogP contribution in [0.4, 0.5) is 5.69 Å². The highest BCUT2D eigenvalue weighted by Crippen LogP contribution is 2.37. The number of oxazole rings is 1. The van der Waals surface area contributed by atoms with E-state index >= 15 is 0 Å². The van der Waals surface area contributed by atoms with Crippen molar-refractivity contribution in [3.05, 3.63) is 96.4 Å². The van der Waals surface area contributed by atoms with Crippen LogP contribution in [0.25, 0.3) is 22.5 Å². The number of para-hydroxylation sites is 2. The van der Waals surface area contributed by atoms with Crippen molar-refractivity contribution in [3.8, 4) is 11.5 Å². The van der Waals surface area contributed by atoms with Gasteiger partial charge < -0.3 is 14.3 Å². The van der Waals surface area contributed by atoms with Gasteiger partial charge >= 0.3 is 0 Å². The second-order valence-electron chi connectivity index (χ2n) is 8.17. The number of nitrogens with zero attached hydrogens (tertiary/aromatic N) is 4. The number of rotatable bonds is 5. The van der Waals surface area contributed by atoms with Crippen LogP contribution in [-0.2, 0) is 13.0 Å². The van der Waals surface area contributed by atoms with Crippen molar-refractivity contribution in [2.75, 3.05) is 4.90 Å². The highest BCUT2D eigenvalue weighted by molar-refractivity contribution is 5.74. The molecule has 158 valence electrons. The summed E-state index contributed by atoms with van der Waals surface area (Å²) in [7, 11) is 0. The van der Waals surface area contributed by atoms with Gasteiger partial charge in [-0.2, -0.15) is 0 Å². The number of aryl methyl sites for hydroxylation is 1. The van der Waals surface area contributed by atoms with Crippen LogP contribution in [0.2, 0.25) is 0 Å². The first-order valence-electron chi connectivity index (χ1n) is 11.0. The molecule has 0 amide bonds. The number of hydrogen-bond donors (Lipinski definition) is 1. The van der Waals surface area contributed by atoms with Crippen molar-refractivity contribution in [2.24, 2.45) is 0 Å². The van der Waals surface area contributed by atoms with Crippen molar-refractivity contribution in [1.29, 1.82) is 0 Å². The molecular weight excluding hydrogens is 398 g/mol. The van der Waals surface area contributed by atoms with E-state index in [4.69, 9.17) is 14.4 Å². The molecule has 1 N–H and O–H groups in total. The molecule has 6 heteroatoms. The summed E-state index contributed by atoms with van der Waals surface area (Å²) in [6.07, 6.45) is 8.47. The van der Waals surface area contributed by atoms with E-state index in [1.807, 2.05) is 30.5 Å². The summed E-state index contributed by atoms with van der Waals surface area (Å²) in [6, 6.07) is 21.0. The van der Waals surface area contributed by atoms with Gasteiger partial charge in [0.2, 0.25) is 5.89 Å². The number of nitrogens with one attached hydrogen (secondary N) is 1. The zero-order valence-electron chi connectivity index (χ0n) is 17.6. The molecule has 6 nitrogen and oxygen atoms in total. The van der Waals surface area contributed by atoms with Crippen molar-refractivity contribution >= 4 is 16.7 Å². The summed E-state index contributed by atoms with van der Waals surface area (Å²) in [6.45, 7) is 0.674. The first kappa shape index (κ1) is 18.8. The normalized spacial score (nSPS) is 15.6. The van der Waals surface area contributed by atoms with Crippen molar-refractivity contribution in [3.63, 3.8) is 0 Å². The summed E-state index contributed by atoms with van der Waals surface area (Å²) in [5.74, 6) is 1.58. The second kappa shape index (κ2) is 7.96. The Morgan fingerprint density at radius 2 is 1.88 bits per heavy atom. The number of fused-ring (bicyclic) bond motifs is 2. The molecule has 3 aromatic heterocycles. The predicted octanol–water partition coefficient (Wildman–Crippen LogP) is 5.70. The van der Waals surface area contributed by atoms with Crippen molar-refractivity contribution in [2.45, 2.75) is 31.8 Å². The summed E-state index contributed by atoms with van der Waals surface area (Å²) in [4.78, 5) is 19.8. The van der Waals surface area contributed by atoms with Crippen LogP contribution in [0, 0.1) is 0 Å². The zero-order valence-corrected chi connectivity index (χ0v) is 17.6. The van der Waals surface area contributed by atoms with Gasteiger partial charge in [-0.3, -0.25) is 4.98 Å². The average Bonchev–Trinajstić information content (AvgIpc) is 3.52. The first-order valence-corrected chi connectivity index (χ1v) is 11.0. The fourth-order valence-corrected chi connectivity index (χ4v) is 4.67. The molecule has 0 aliphatic heterocycles. The molecule has 0 saturated carbocycles. The van der Waals surface area contributed by atoms with E-state index in [0.29, 0.717) is 12.4 Å². The molecule has 0 bridgehead atoms. The van der Waals surface area contributed by atoms with Gasteiger partial charge in [-0.15, -0.1) is 0 Å². The van der Waals surface area contributed by atoms with E-state index in [2.05, 4.69) is 51.3 Å². The molecule has 0 radical (unpaired) electrons. The van der Waals surface area contributed by atoms with Gasteiger partial charge in [-0.25, -0.2) is 9.97 Å². The van der Waals surface area contributed by atoms with Gasteiger partial charge in [0.1, 0.15) is 12.1 Å². The molecule has 1 unspecified atom stereocenters. The van der Waals surface area contributed by atoms with Crippen LogP contribution in [0.5, 0.6) is 0 Å². The first-order chi connectivity index (χ1) is 15.8. The van der Waals surface area contributed by atoms with Crippen molar-refractivity contribution in [1.82, 2.24) is 19.9 Å². The van der Waals surface area contributed by atoms with Crippen LogP contribution in [0.15, 0.2) is 83.7 Å². The maximum atomic E-state index is 5.46. The lowest BCUT2D eigenvalue weighted by Crippen LogP contribution is -2.32. The molecule has 2 aromatic carbocycles. The maximum Gasteiger partial charge on any atom is 0.225 e. The SMILES string of the molecule is c1cnc2c(c1)CCCC2N(Cc1nc2ccccc2[nH]1)c1ccc(-c2ncco2)cc1. The van der Waals surface area contributed by atoms with Crippen LogP contribution in [-0.4, -0.2) is 19.9 Å². The van der Waals surface area contributed by atoms with Crippen LogP contribution >= 0.6 is 0 Å². The number of anilines is 1. The lowest BCUT2D eigenvalue weighted by Gasteiger charge is -2.36. The largest absolute Gasteiger partial charge is 0.445 e. The third-order valence-electron chi connectivity index (χ3n) is 6.18. The highest BCUT2D eigenvalue weighted by atomic mass is 16.3. The van der Waals surface area contributed by atoms with Crippen LogP contribution < -0.4 is 4.90 Å². The zero-order chi connectivity index (χ0) is 21.3. The molecule has 1 aliphatic rings.